The van der Waals surface area contributed by atoms with Gasteiger partial charge in [-0.1, -0.05) is 0 Å². The first-order valence-corrected chi connectivity index (χ1v) is 7.81. The second-order valence-electron chi connectivity index (χ2n) is 6.75. The maximum Gasteiger partial charge on any atom is 0.225 e. The highest BCUT2D eigenvalue weighted by molar-refractivity contribution is 5.79. The first-order valence-electron chi connectivity index (χ1n) is 7.81. The molecule has 4 heteroatoms. The summed E-state index contributed by atoms with van der Waals surface area (Å²) in [5.41, 5.74) is 6.30. The van der Waals surface area contributed by atoms with E-state index in [2.05, 4.69) is 4.90 Å². The van der Waals surface area contributed by atoms with E-state index in [9.17, 15) is 4.79 Å². The van der Waals surface area contributed by atoms with Gasteiger partial charge in [-0.25, -0.2) is 0 Å². The molecule has 1 spiro atoms. The summed E-state index contributed by atoms with van der Waals surface area (Å²) in [6.45, 7) is 3.65. The van der Waals surface area contributed by atoms with Gasteiger partial charge in [0.05, 0.1) is 0 Å². The highest BCUT2D eigenvalue weighted by atomic mass is 16.5. The van der Waals surface area contributed by atoms with Gasteiger partial charge in [0.15, 0.2) is 0 Å². The third-order valence-electron chi connectivity index (χ3n) is 5.35. The van der Waals surface area contributed by atoms with Gasteiger partial charge in [0, 0.05) is 38.3 Å². The number of hydrogen-bond donors (Lipinski definition) is 1. The van der Waals surface area contributed by atoms with E-state index in [-0.39, 0.29) is 12.0 Å². The fourth-order valence-corrected chi connectivity index (χ4v) is 4.11. The predicted molar refractivity (Wildman–Crippen MR) is 73.6 cm³/mol. The smallest absolute Gasteiger partial charge is 0.225 e. The standard InChI is InChI=1S/C15H26N2O2/c16-13-3-2-12(10-13)14(18)17-7-1-4-15(11-17)5-8-19-9-6-15/h12-13H,1-11,16H2/t12-,13+/m0/s1. The number of amides is 1. The average molecular weight is 266 g/mol. The normalized spacial score (nSPS) is 34.7. The Kier molecular flexibility index (Phi) is 3.81. The van der Waals surface area contributed by atoms with Gasteiger partial charge >= 0.3 is 0 Å². The summed E-state index contributed by atoms with van der Waals surface area (Å²) >= 11 is 0. The van der Waals surface area contributed by atoms with E-state index in [0.717, 1.165) is 64.8 Å². The van der Waals surface area contributed by atoms with E-state index >= 15 is 0 Å². The summed E-state index contributed by atoms with van der Waals surface area (Å²) in [5, 5.41) is 0. The quantitative estimate of drug-likeness (QED) is 0.783. The van der Waals surface area contributed by atoms with Gasteiger partial charge in [-0.15, -0.1) is 0 Å². The number of carbonyl (C=O) groups is 1. The maximum atomic E-state index is 12.6. The molecule has 4 nitrogen and oxygen atoms in total. The molecule has 2 heterocycles. The number of hydrogen-bond acceptors (Lipinski definition) is 3. The molecule has 3 fully saturated rings. The number of likely N-dealkylation sites (tertiary alicyclic amines) is 1. The zero-order valence-corrected chi connectivity index (χ0v) is 11.8. The summed E-state index contributed by atoms with van der Waals surface area (Å²) in [7, 11) is 0. The molecule has 1 amide bonds. The maximum absolute atomic E-state index is 12.6. The van der Waals surface area contributed by atoms with E-state index in [1.54, 1.807) is 0 Å². The Morgan fingerprint density at radius 3 is 2.68 bits per heavy atom. The molecule has 0 bridgehead atoms. The molecule has 0 aromatic carbocycles. The molecule has 1 aliphatic carbocycles. The molecule has 19 heavy (non-hydrogen) atoms. The van der Waals surface area contributed by atoms with Crippen molar-refractivity contribution in [2.45, 2.75) is 51.0 Å². The van der Waals surface area contributed by atoms with Crippen molar-refractivity contribution in [3.63, 3.8) is 0 Å². The van der Waals surface area contributed by atoms with Gasteiger partial charge in [0.25, 0.3) is 0 Å². The van der Waals surface area contributed by atoms with Crippen LogP contribution in [0.3, 0.4) is 0 Å². The number of nitrogens with two attached hydrogens (primary N) is 1. The Hall–Kier alpha value is -0.610. The number of rotatable bonds is 1. The van der Waals surface area contributed by atoms with Gasteiger partial charge in [0.2, 0.25) is 5.91 Å². The summed E-state index contributed by atoms with van der Waals surface area (Å²) in [5.74, 6) is 0.573. The summed E-state index contributed by atoms with van der Waals surface area (Å²) in [4.78, 5) is 14.7. The summed E-state index contributed by atoms with van der Waals surface area (Å²) in [6, 6.07) is 0.246. The first kappa shape index (κ1) is 13.4. The van der Waals surface area contributed by atoms with Crippen LogP contribution >= 0.6 is 0 Å². The molecule has 2 N–H and O–H groups in total. The van der Waals surface area contributed by atoms with E-state index in [1.165, 1.54) is 6.42 Å². The average Bonchev–Trinajstić information content (AvgIpc) is 2.85. The Labute approximate surface area is 115 Å². The van der Waals surface area contributed by atoms with Crippen molar-refractivity contribution in [3.05, 3.63) is 0 Å². The van der Waals surface area contributed by atoms with Crippen LogP contribution in [-0.2, 0) is 9.53 Å². The number of ether oxygens (including phenoxy) is 1. The van der Waals surface area contributed by atoms with Gasteiger partial charge in [0.1, 0.15) is 0 Å². The molecule has 2 aliphatic heterocycles. The van der Waals surface area contributed by atoms with Crippen LogP contribution in [0.2, 0.25) is 0 Å². The largest absolute Gasteiger partial charge is 0.381 e. The van der Waals surface area contributed by atoms with Crippen LogP contribution in [0.4, 0.5) is 0 Å². The van der Waals surface area contributed by atoms with Crippen molar-refractivity contribution in [1.82, 2.24) is 4.90 Å². The molecule has 0 aromatic rings. The van der Waals surface area contributed by atoms with E-state index in [1.807, 2.05) is 0 Å². The Balaban J connectivity index is 1.62. The lowest BCUT2D eigenvalue weighted by Gasteiger charge is -2.45. The lowest BCUT2D eigenvalue weighted by Crippen LogP contribution is -2.49. The summed E-state index contributed by atoms with van der Waals surface area (Å²) in [6.07, 6.45) is 7.58. The van der Waals surface area contributed by atoms with Crippen LogP contribution < -0.4 is 5.73 Å². The zero-order chi connectivity index (χ0) is 13.3. The number of carbonyl (C=O) groups excluding carboxylic acids is 1. The second kappa shape index (κ2) is 5.41. The lowest BCUT2D eigenvalue weighted by molar-refractivity contribution is -0.141. The lowest BCUT2D eigenvalue weighted by atomic mass is 9.73. The topological polar surface area (TPSA) is 55.6 Å². The monoisotopic (exact) mass is 266 g/mol. The molecule has 0 unspecified atom stereocenters. The van der Waals surface area contributed by atoms with Gasteiger partial charge < -0.3 is 15.4 Å². The van der Waals surface area contributed by atoms with Crippen LogP contribution in [0.25, 0.3) is 0 Å². The minimum Gasteiger partial charge on any atom is -0.381 e. The van der Waals surface area contributed by atoms with Crippen molar-refractivity contribution in [2.75, 3.05) is 26.3 Å². The third-order valence-corrected chi connectivity index (χ3v) is 5.35. The molecule has 0 radical (unpaired) electrons. The van der Waals surface area contributed by atoms with Crippen molar-refractivity contribution >= 4 is 5.91 Å². The van der Waals surface area contributed by atoms with Crippen LogP contribution in [0.1, 0.15) is 44.9 Å². The van der Waals surface area contributed by atoms with Crippen molar-refractivity contribution in [2.24, 2.45) is 17.1 Å². The minimum atomic E-state index is 0.199. The van der Waals surface area contributed by atoms with E-state index in [0.29, 0.717) is 11.3 Å². The van der Waals surface area contributed by atoms with Crippen molar-refractivity contribution < 1.29 is 9.53 Å². The second-order valence-corrected chi connectivity index (χ2v) is 6.75. The van der Waals surface area contributed by atoms with Crippen LogP contribution in [-0.4, -0.2) is 43.2 Å². The van der Waals surface area contributed by atoms with Crippen LogP contribution in [0.15, 0.2) is 0 Å². The Bertz CT molecular complexity index is 334. The van der Waals surface area contributed by atoms with Crippen molar-refractivity contribution in [3.8, 4) is 0 Å². The van der Waals surface area contributed by atoms with Crippen LogP contribution in [0.5, 0.6) is 0 Å². The molecular formula is C15H26N2O2. The molecule has 3 aliphatic rings. The molecule has 0 aromatic heterocycles. The van der Waals surface area contributed by atoms with Gasteiger partial charge in [-0.05, 0) is 50.4 Å². The van der Waals surface area contributed by atoms with Gasteiger partial charge in [-0.2, -0.15) is 0 Å². The fraction of sp³-hybridized carbons (Fsp3) is 0.933. The van der Waals surface area contributed by atoms with E-state index in [4.69, 9.17) is 10.5 Å². The zero-order valence-electron chi connectivity index (χ0n) is 11.8. The van der Waals surface area contributed by atoms with Crippen molar-refractivity contribution in [1.29, 1.82) is 0 Å². The van der Waals surface area contributed by atoms with E-state index < -0.39 is 0 Å². The Morgan fingerprint density at radius 2 is 2.00 bits per heavy atom. The fourth-order valence-electron chi connectivity index (χ4n) is 4.11. The molecule has 2 saturated heterocycles. The number of piperidine rings is 1. The molecule has 108 valence electrons. The van der Waals surface area contributed by atoms with Gasteiger partial charge in [-0.3, -0.25) is 4.79 Å². The van der Waals surface area contributed by atoms with Crippen LogP contribution in [0, 0.1) is 11.3 Å². The predicted octanol–water partition coefficient (Wildman–Crippen LogP) is 1.53. The first-order chi connectivity index (χ1) is 9.19. The highest BCUT2D eigenvalue weighted by Crippen LogP contribution is 2.40. The molecular weight excluding hydrogens is 240 g/mol. The highest BCUT2D eigenvalue weighted by Gasteiger charge is 2.40. The molecule has 3 rings (SSSR count). The number of nitrogens with zero attached hydrogens (tertiary/aromatic N) is 1. The molecule has 1 saturated carbocycles. The molecule has 2 atom stereocenters. The third kappa shape index (κ3) is 2.79. The summed E-state index contributed by atoms with van der Waals surface area (Å²) < 4.78 is 5.49. The Morgan fingerprint density at radius 1 is 1.21 bits per heavy atom. The SMILES string of the molecule is N[C@@H]1CC[C@H](C(=O)N2CCCC3(CCOCC3)C2)C1. The minimum absolute atomic E-state index is 0.199.